The predicted octanol–water partition coefficient (Wildman–Crippen LogP) is -0.954. The summed E-state index contributed by atoms with van der Waals surface area (Å²) in [5, 5.41) is 19.4. The van der Waals surface area contributed by atoms with E-state index >= 15 is 0 Å². The van der Waals surface area contributed by atoms with Gasteiger partial charge in [0.15, 0.2) is 11.1 Å². The van der Waals surface area contributed by atoms with Crippen LogP contribution in [-0.2, 0) is 4.74 Å². The molecule has 4 atom stereocenters. The fourth-order valence-corrected chi connectivity index (χ4v) is 2.72. The van der Waals surface area contributed by atoms with E-state index in [0.29, 0.717) is 0 Å². The van der Waals surface area contributed by atoms with E-state index in [-0.39, 0.29) is 5.69 Å². The number of aromatic amines is 1. The first-order chi connectivity index (χ1) is 10.3. The van der Waals surface area contributed by atoms with Gasteiger partial charge in [-0.2, -0.15) is 0 Å². The average molecular weight is 333 g/mol. The van der Waals surface area contributed by atoms with Gasteiger partial charge in [-0.15, -0.1) is 0 Å². The van der Waals surface area contributed by atoms with Crippen LogP contribution in [0.1, 0.15) is 11.9 Å². The van der Waals surface area contributed by atoms with E-state index in [1.54, 1.807) is 0 Å². The van der Waals surface area contributed by atoms with Crippen LogP contribution < -0.4 is 11.2 Å². The molecule has 7 nitrogen and oxygen atoms in total. The van der Waals surface area contributed by atoms with Gasteiger partial charge in [-0.25, -0.2) is 9.18 Å². The van der Waals surface area contributed by atoms with Crippen LogP contribution in [0.4, 0.5) is 4.39 Å². The van der Waals surface area contributed by atoms with Crippen molar-refractivity contribution >= 4 is 11.6 Å². The largest absolute Gasteiger partial charge is 0.394 e. The fraction of sp³-hybridized carbons (Fsp3) is 0.538. The van der Waals surface area contributed by atoms with Crippen LogP contribution in [0.2, 0.25) is 0 Å². The zero-order chi connectivity index (χ0) is 16.5. The Morgan fingerprint density at radius 2 is 2.27 bits per heavy atom. The molecule has 0 saturated carbocycles. The molecule has 1 aromatic rings. The van der Waals surface area contributed by atoms with Crippen molar-refractivity contribution in [2.24, 2.45) is 0 Å². The predicted molar refractivity (Wildman–Crippen MR) is 75.4 cm³/mol. The minimum atomic E-state index is -1.84. The highest BCUT2D eigenvalue weighted by molar-refractivity contribution is 6.27. The molecular weight excluding hydrogens is 319 g/mol. The van der Waals surface area contributed by atoms with E-state index in [4.69, 9.17) is 16.3 Å². The Bertz CT molecular complexity index is 736. The number of hydrogen-bond acceptors (Lipinski definition) is 5. The zero-order valence-electron chi connectivity index (χ0n) is 11.5. The Morgan fingerprint density at radius 1 is 1.59 bits per heavy atom. The van der Waals surface area contributed by atoms with Crippen LogP contribution in [-0.4, -0.2) is 50.1 Å². The summed E-state index contributed by atoms with van der Waals surface area (Å²) in [6.07, 6.45) is -3.86. The van der Waals surface area contributed by atoms with Crippen LogP contribution in [0, 0.1) is 18.8 Å². The average Bonchev–Trinajstić information content (AvgIpc) is 2.69. The molecule has 1 fully saturated rings. The monoisotopic (exact) mass is 332 g/mol. The van der Waals surface area contributed by atoms with Crippen molar-refractivity contribution in [3.05, 3.63) is 32.6 Å². The van der Waals surface area contributed by atoms with E-state index in [2.05, 4.69) is 11.8 Å². The normalized spacial score (nSPS) is 30.9. The van der Waals surface area contributed by atoms with Crippen LogP contribution in [0.5, 0.6) is 0 Å². The first kappa shape index (κ1) is 16.7. The van der Waals surface area contributed by atoms with Gasteiger partial charge in [-0.1, -0.05) is 23.4 Å². The zero-order valence-corrected chi connectivity index (χ0v) is 12.3. The number of aromatic nitrogens is 2. The molecule has 2 heterocycles. The molecule has 1 aromatic heterocycles. The van der Waals surface area contributed by atoms with Gasteiger partial charge in [0, 0.05) is 11.8 Å². The van der Waals surface area contributed by atoms with Crippen molar-refractivity contribution in [1.29, 1.82) is 0 Å². The molecule has 1 unspecified atom stereocenters. The standard InChI is InChI=1S/C13H14ClFN2O5/c1-7-5-9(19)16-12(21)17(7)11-13(14,3-2-4-15)10(20)8(6-18)22-11/h5,8,10-11,18,20H,4,6H2,1H3,(H,16,19,21)/t8-,10+,11-,13?/m1/s1. The Balaban J connectivity index is 2.62. The summed E-state index contributed by atoms with van der Waals surface area (Å²) in [5.74, 6) is 4.44. The van der Waals surface area contributed by atoms with Crippen molar-refractivity contribution in [2.45, 2.75) is 30.2 Å². The second kappa shape index (κ2) is 6.22. The fourth-order valence-electron chi connectivity index (χ4n) is 2.36. The lowest BCUT2D eigenvalue weighted by Gasteiger charge is -2.26. The summed E-state index contributed by atoms with van der Waals surface area (Å²) in [6, 6.07) is 1.14. The van der Waals surface area contributed by atoms with Gasteiger partial charge in [0.1, 0.15) is 18.9 Å². The molecule has 0 radical (unpaired) electrons. The number of aliphatic hydroxyl groups is 2. The number of halogens is 2. The summed E-state index contributed by atoms with van der Waals surface area (Å²) in [6.45, 7) is -0.101. The minimum Gasteiger partial charge on any atom is -0.394 e. The summed E-state index contributed by atoms with van der Waals surface area (Å²) < 4.78 is 18.8. The lowest BCUT2D eigenvalue weighted by atomic mass is 9.99. The lowest BCUT2D eigenvalue weighted by molar-refractivity contribution is -0.0471. The molecule has 9 heteroatoms. The van der Waals surface area contributed by atoms with Crippen molar-refractivity contribution < 1.29 is 19.3 Å². The molecule has 0 amide bonds. The molecule has 1 saturated heterocycles. The minimum absolute atomic E-state index is 0.219. The highest BCUT2D eigenvalue weighted by Gasteiger charge is 2.56. The number of nitrogens with zero attached hydrogens (tertiary/aromatic N) is 1. The molecular formula is C13H14ClFN2O5. The van der Waals surface area contributed by atoms with E-state index < -0.39 is 47.8 Å². The molecule has 3 N–H and O–H groups in total. The first-order valence-corrected chi connectivity index (χ1v) is 6.74. The van der Waals surface area contributed by atoms with Crippen LogP contribution in [0.3, 0.4) is 0 Å². The van der Waals surface area contributed by atoms with Crippen LogP contribution >= 0.6 is 11.6 Å². The number of aliphatic hydroxyl groups excluding tert-OH is 2. The third-order valence-electron chi connectivity index (χ3n) is 3.38. The summed E-state index contributed by atoms with van der Waals surface area (Å²) in [4.78, 5) is 23.5. The van der Waals surface area contributed by atoms with Crippen molar-refractivity contribution in [3.63, 3.8) is 0 Å². The maximum atomic E-state index is 12.3. The van der Waals surface area contributed by atoms with E-state index in [1.807, 2.05) is 4.98 Å². The molecule has 0 spiro atoms. The number of nitrogens with one attached hydrogen (secondary N) is 1. The van der Waals surface area contributed by atoms with Gasteiger partial charge >= 0.3 is 5.69 Å². The van der Waals surface area contributed by atoms with Gasteiger partial charge < -0.3 is 14.9 Å². The highest BCUT2D eigenvalue weighted by atomic mass is 35.5. The molecule has 1 aliphatic heterocycles. The molecule has 22 heavy (non-hydrogen) atoms. The van der Waals surface area contributed by atoms with Crippen molar-refractivity contribution in [2.75, 3.05) is 13.3 Å². The Labute approximate surface area is 129 Å². The molecule has 0 bridgehead atoms. The number of aryl methyl sites for hydroxylation is 1. The smallest absolute Gasteiger partial charge is 0.330 e. The second-order valence-corrected chi connectivity index (χ2v) is 5.43. The van der Waals surface area contributed by atoms with Gasteiger partial charge in [-0.3, -0.25) is 14.3 Å². The molecule has 1 aliphatic rings. The third kappa shape index (κ3) is 2.68. The number of H-pyrrole nitrogens is 1. The maximum Gasteiger partial charge on any atom is 0.330 e. The third-order valence-corrected chi connectivity index (χ3v) is 3.88. The van der Waals surface area contributed by atoms with Crippen LogP contribution in [0.25, 0.3) is 0 Å². The quantitative estimate of drug-likeness (QED) is 0.478. The van der Waals surface area contributed by atoms with Crippen molar-refractivity contribution in [3.8, 4) is 11.8 Å². The number of alkyl halides is 2. The Morgan fingerprint density at radius 3 is 2.82 bits per heavy atom. The van der Waals surface area contributed by atoms with E-state index in [1.165, 1.54) is 6.92 Å². The molecule has 0 aliphatic carbocycles. The first-order valence-electron chi connectivity index (χ1n) is 6.37. The maximum absolute atomic E-state index is 12.3. The summed E-state index contributed by atoms with van der Waals surface area (Å²) >= 11 is 6.28. The number of hydrogen-bond donors (Lipinski definition) is 3. The Hall–Kier alpha value is -1.66. The Kier molecular flexibility index (Phi) is 4.72. The van der Waals surface area contributed by atoms with E-state index in [9.17, 15) is 24.2 Å². The number of ether oxygens (including phenoxy) is 1. The number of rotatable bonds is 2. The topological polar surface area (TPSA) is 105 Å². The highest BCUT2D eigenvalue weighted by Crippen LogP contribution is 2.42. The second-order valence-electron chi connectivity index (χ2n) is 4.81. The van der Waals surface area contributed by atoms with Crippen LogP contribution in [0.15, 0.2) is 15.7 Å². The van der Waals surface area contributed by atoms with Gasteiger partial charge in [-0.05, 0) is 6.92 Å². The SMILES string of the molecule is Cc1cc(=O)[nH]c(=O)n1[C@@H]1O[C@H](CO)[C@H](O)C1(Cl)C#CCF. The van der Waals surface area contributed by atoms with E-state index in [0.717, 1.165) is 10.6 Å². The summed E-state index contributed by atoms with van der Waals surface area (Å²) in [7, 11) is 0. The molecule has 0 aromatic carbocycles. The lowest BCUT2D eigenvalue weighted by Crippen LogP contribution is -2.45. The molecule has 2 rings (SSSR count). The van der Waals surface area contributed by atoms with Gasteiger partial charge in [0.05, 0.1) is 6.61 Å². The molecule has 120 valence electrons. The summed E-state index contributed by atoms with van der Waals surface area (Å²) in [5.41, 5.74) is -1.20. The van der Waals surface area contributed by atoms with Gasteiger partial charge in [0.25, 0.3) is 5.56 Å². The van der Waals surface area contributed by atoms with Gasteiger partial charge in [0.2, 0.25) is 0 Å². The van der Waals surface area contributed by atoms with Crippen molar-refractivity contribution in [1.82, 2.24) is 9.55 Å².